The Morgan fingerprint density at radius 3 is 1.79 bits per heavy atom. The van der Waals surface area contributed by atoms with E-state index in [-0.39, 0.29) is 12.1 Å². The van der Waals surface area contributed by atoms with Gasteiger partial charge >= 0.3 is 5.97 Å². The summed E-state index contributed by atoms with van der Waals surface area (Å²) in [5, 5.41) is 0. The zero-order valence-electron chi connectivity index (χ0n) is 21.5. The number of esters is 1. The fourth-order valence-corrected chi connectivity index (χ4v) is 3.96. The third-order valence-electron chi connectivity index (χ3n) is 6.08. The van der Waals surface area contributed by atoms with Crippen LogP contribution in [0.25, 0.3) is 0 Å². The van der Waals surface area contributed by atoms with Crippen molar-refractivity contribution >= 4 is 5.97 Å². The summed E-state index contributed by atoms with van der Waals surface area (Å²) in [5.74, 6) is 0.940. The molecule has 4 heteroatoms. The smallest absolute Gasteiger partial charge is 0.343 e. The number of ether oxygens (including phenoxy) is 3. The summed E-state index contributed by atoms with van der Waals surface area (Å²) in [6, 6.07) is 14.6. The van der Waals surface area contributed by atoms with Gasteiger partial charge in [-0.05, 0) is 62.2 Å². The highest BCUT2D eigenvalue weighted by atomic mass is 16.5. The second-order valence-electron chi connectivity index (χ2n) is 8.96. The standard InChI is InChI=1S/C30H44O4/c1-4-6-7-8-9-10-11-12-13-14-15-24-33-28-20-18-27(19-21-28)30(31)34-29-22-16-26(17-23-29)25(3)32-5-2/h16-23,25H,4-15,24H2,1-3H3. The summed E-state index contributed by atoms with van der Waals surface area (Å²) in [4.78, 5) is 12.4. The van der Waals surface area contributed by atoms with Gasteiger partial charge in [0.2, 0.25) is 0 Å². The van der Waals surface area contributed by atoms with Crippen LogP contribution in [0.1, 0.15) is 113 Å². The lowest BCUT2D eigenvalue weighted by atomic mass is 10.1. The van der Waals surface area contributed by atoms with Crippen molar-refractivity contribution in [2.24, 2.45) is 0 Å². The average molecular weight is 469 g/mol. The molecule has 188 valence electrons. The van der Waals surface area contributed by atoms with Crippen LogP contribution < -0.4 is 9.47 Å². The van der Waals surface area contributed by atoms with Crippen LogP contribution in [0.5, 0.6) is 11.5 Å². The number of benzene rings is 2. The van der Waals surface area contributed by atoms with Gasteiger partial charge in [-0.2, -0.15) is 0 Å². The Morgan fingerprint density at radius 2 is 1.24 bits per heavy atom. The van der Waals surface area contributed by atoms with Crippen molar-refractivity contribution in [1.82, 2.24) is 0 Å². The Morgan fingerprint density at radius 1 is 0.706 bits per heavy atom. The summed E-state index contributed by atoms with van der Waals surface area (Å²) in [6.07, 6.45) is 14.6. The maximum atomic E-state index is 12.4. The number of hydrogen-bond acceptors (Lipinski definition) is 4. The lowest BCUT2D eigenvalue weighted by Gasteiger charge is -2.12. The fraction of sp³-hybridized carbons (Fsp3) is 0.567. The molecule has 1 unspecified atom stereocenters. The zero-order valence-corrected chi connectivity index (χ0v) is 21.5. The van der Waals surface area contributed by atoms with E-state index in [1.54, 1.807) is 24.3 Å². The second kappa shape index (κ2) is 17.2. The number of carbonyl (C=O) groups excluding carboxylic acids is 1. The zero-order chi connectivity index (χ0) is 24.4. The van der Waals surface area contributed by atoms with E-state index >= 15 is 0 Å². The van der Waals surface area contributed by atoms with Crippen molar-refractivity contribution in [1.29, 1.82) is 0 Å². The molecule has 0 aliphatic carbocycles. The third kappa shape index (κ3) is 11.2. The van der Waals surface area contributed by atoms with Gasteiger partial charge < -0.3 is 14.2 Å². The largest absolute Gasteiger partial charge is 0.494 e. The summed E-state index contributed by atoms with van der Waals surface area (Å²) in [6.45, 7) is 7.62. The molecule has 0 bridgehead atoms. The first-order valence-corrected chi connectivity index (χ1v) is 13.3. The van der Waals surface area contributed by atoms with Gasteiger partial charge in [0, 0.05) is 6.61 Å². The first kappa shape index (κ1) is 27.9. The van der Waals surface area contributed by atoms with Crippen LogP contribution in [-0.2, 0) is 4.74 Å². The van der Waals surface area contributed by atoms with E-state index in [1.165, 1.54) is 64.2 Å². The topological polar surface area (TPSA) is 44.8 Å². The van der Waals surface area contributed by atoms with Gasteiger partial charge in [0.05, 0.1) is 18.3 Å². The second-order valence-corrected chi connectivity index (χ2v) is 8.96. The van der Waals surface area contributed by atoms with Crippen molar-refractivity contribution in [3.63, 3.8) is 0 Å². The maximum absolute atomic E-state index is 12.4. The van der Waals surface area contributed by atoms with Crippen molar-refractivity contribution < 1.29 is 19.0 Å². The molecule has 0 spiro atoms. The summed E-state index contributed by atoms with van der Waals surface area (Å²) >= 11 is 0. The fourth-order valence-electron chi connectivity index (χ4n) is 3.96. The van der Waals surface area contributed by atoms with E-state index in [0.717, 1.165) is 17.7 Å². The van der Waals surface area contributed by atoms with E-state index in [4.69, 9.17) is 14.2 Å². The predicted octanol–water partition coefficient (Wildman–Crippen LogP) is 8.69. The van der Waals surface area contributed by atoms with Crippen molar-refractivity contribution in [2.75, 3.05) is 13.2 Å². The molecule has 1 atom stereocenters. The highest BCUT2D eigenvalue weighted by molar-refractivity contribution is 5.91. The van der Waals surface area contributed by atoms with E-state index in [1.807, 2.05) is 38.1 Å². The van der Waals surface area contributed by atoms with Crippen LogP contribution in [0.3, 0.4) is 0 Å². The van der Waals surface area contributed by atoms with Crippen molar-refractivity contribution in [2.45, 2.75) is 97.5 Å². The van der Waals surface area contributed by atoms with Crippen molar-refractivity contribution in [3.8, 4) is 11.5 Å². The van der Waals surface area contributed by atoms with Crippen LogP contribution in [0.15, 0.2) is 48.5 Å². The average Bonchev–Trinajstić information content (AvgIpc) is 2.85. The first-order chi connectivity index (χ1) is 16.6. The molecule has 0 aliphatic heterocycles. The Hall–Kier alpha value is -2.33. The minimum atomic E-state index is -0.373. The molecular formula is C30H44O4. The van der Waals surface area contributed by atoms with Crippen LogP contribution in [-0.4, -0.2) is 19.2 Å². The molecule has 2 rings (SSSR count). The number of carbonyl (C=O) groups is 1. The van der Waals surface area contributed by atoms with E-state index in [2.05, 4.69) is 6.92 Å². The Balaban J connectivity index is 1.59. The lowest BCUT2D eigenvalue weighted by molar-refractivity contribution is 0.0733. The van der Waals surface area contributed by atoms with E-state index in [0.29, 0.717) is 24.5 Å². The van der Waals surface area contributed by atoms with Crippen LogP contribution >= 0.6 is 0 Å². The monoisotopic (exact) mass is 468 g/mol. The summed E-state index contributed by atoms with van der Waals surface area (Å²) < 4.78 is 16.9. The summed E-state index contributed by atoms with van der Waals surface area (Å²) in [5.41, 5.74) is 1.56. The van der Waals surface area contributed by atoms with Crippen LogP contribution in [0, 0.1) is 0 Å². The van der Waals surface area contributed by atoms with Gasteiger partial charge in [-0.25, -0.2) is 4.79 Å². The SMILES string of the molecule is CCCCCCCCCCCCCOc1ccc(C(=O)Oc2ccc(C(C)OCC)cc2)cc1. The maximum Gasteiger partial charge on any atom is 0.343 e. The molecule has 0 heterocycles. The van der Waals surface area contributed by atoms with Gasteiger partial charge in [-0.3, -0.25) is 0 Å². The molecule has 0 saturated heterocycles. The number of unbranched alkanes of at least 4 members (excludes halogenated alkanes) is 10. The predicted molar refractivity (Wildman–Crippen MR) is 140 cm³/mol. The van der Waals surface area contributed by atoms with E-state index < -0.39 is 0 Å². The molecule has 2 aromatic rings. The Bertz CT molecular complexity index is 782. The van der Waals surface area contributed by atoms with Crippen LogP contribution in [0.4, 0.5) is 0 Å². The molecular weight excluding hydrogens is 424 g/mol. The van der Waals surface area contributed by atoms with Gasteiger partial charge in [-0.1, -0.05) is 83.3 Å². The molecule has 34 heavy (non-hydrogen) atoms. The lowest BCUT2D eigenvalue weighted by Crippen LogP contribution is -2.08. The van der Waals surface area contributed by atoms with Gasteiger partial charge in [0.25, 0.3) is 0 Å². The van der Waals surface area contributed by atoms with Crippen LogP contribution in [0.2, 0.25) is 0 Å². The molecule has 0 fully saturated rings. The first-order valence-electron chi connectivity index (χ1n) is 13.3. The summed E-state index contributed by atoms with van der Waals surface area (Å²) in [7, 11) is 0. The highest BCUT2D eigenvalue weighted by Gasteiger charge is 2.10. The minimum Gasteiger partial charge on any atom is -0.494 e. The molecule has 0 saturated carbocycles. The minimum absolute atomic E-state index is 0.0207. The van der Waals surface area contributed by atoms with Gasteiger partial charge in [0.1, 0.15) is 11.5 Å². The Kier molecular flexibility index (Phi) is 14.1. The van der Waals surface area contributed by atoms with Gasteiger partial charge in [0.15, 0.2) is 0 Å². The molecule has 0 aromatic heterocycles. The molecule has 2 aromatic carbocycles. The molecule has 0 aliphatic rings. The van der Waals surface area contributed by atoms with Crippen molar-refractivity contribution in [3.05, 3.63) is 59.7 Å². The molecule has 0 amide bonds. The molecule has 4 nitrogen and oxygen atoms in total. The quantitative estimate of drug-likeness (QED) is 0.125. The molecule has 0 N–H and O–H groups in total. The number of hydrogen-bond donors (Lipinski definition) is 0. The van der Waals surface area contributed by atoms with E-state index in [9.17, 15) is 4.79 Å². The highest BCUT2D eigenvalue weighted by Crippen LogP contribution is 2.21. The Labute approximate surface area is 207 Å². The number of rotatable bonds is 18. The van der Waals surface area contributed by atoms with Gasteiger partial charge in [-0.15, -0.1) is 0 Å². The normalized spacial score (nSPS) is 11.9. The third-order valence-corrected chi connectivity index (χ3v) is 6.08. The molecule has 0 radical (unpaired) electrons.